The SMILES string of the molecule is CCC(COc1ccc(CC(Nc2ccccc2C(=O)c2ccccc2)C(=O)O)cc1)C(=N)c1ccc([N+](=O)[O-])cc1. The van der Waals surface area contributed by atoms with Crippen molar-refractivity contribution in [1.82, 2.24) is 0 Å². The number of rotatable bonds is 14. The summed E-state index contributed by atoms with van der Waals surface area (Å²) in [5.41, 5.74) is 3.03. The number of carbonyl (C=O) groups is 2. The van der Waals surface area contributed by atoms with Gasteiger partial charge in [-0.05, 0) is 53.9 Å². The summed E-state index contributed by atoms with van der Waals surface area (Å²) >= 11 is 0. The lowest BCUT2D eigenvalue weighted by molar-refractivity contribution is -0.384. The molecule has 0 saturated carbocycles. The van der Waals surface area contributed by atoms with Gasteiger partial charge in [0.05, 0.1) is 11.5 Å². The number of para-hydroxylation sites is 1. The summed E-state index contributed by atoms with van der Waals surface area (Å²) in [6.07, 6.45) is 0.819. The van der Waals surface area contributed by atoms with Gasteiger partial charge in [-0.3, -0.25) is 14.9 Å². The summed E-state index contributed by atoms with van der Waals surface area (Å²) in [6.45, 7) is 2.19. The summed E-state index contributed by atoms with van der Waals surface area (Å²) in [5.74, 6) is -0.887. The van der Waals surface area contributed by atoms with Gasteiger partial charge in [0.15, 0.2) is 5.78 Å². The van der Waals surface area contributed by atoms with Crippen LogP contribution in [0.4, 0.5) is 11.4 Å². The lowest BCUT2D eigenvalue weighted by atomic mass is 9.95. The van der Waals surface area contributed by atoms with E-state index in [0.717, 1.165) is 5.56 Å². The predicted molar refractivity (Wildman–Crippen MR) is 161 cm³/mol. The number of nitrogens with one attached hydrogen (secondary N) is 2. The van der Waals surface area contributed by atoms with Crippen LogP contribution in [-0.4, -0.2) is 40.1 Å². The molecular weight excluding hydrogens is 534 g/mol. The quantitative estimate of drug-likeness (QED) is 0.0694. The second-order valence-corrected chi connectivity index (χ2v) is 9.76. The third kappa shape index (κ3) is 7.45. The number of nitro benzene ring substituents is 1. The Labute approximate surface area is 243 Å². The zero-order valence-corrected chi connectivity index (χ0v) is 23.0. The third-order valence-electron chi connectivity index (χ3n) is 6.94. The maximum atomic E-state index is 13.1. The maximum absolute atomic E-state index is 13.1. The molecule has 42 heavy (non-hydrogen) atoms. The van der Waals surface area contributed by atoms with E-state index in [4.69, 9.17) is 10.1 Å². The standard InChI is InChI=1S/C33H31N3O6/c1-2-23(31(34)24-14-16-26(17-15-24)36(40)41)21-42-27-18-12-22(13-19-27)20-30(33(38)39)35-29-11-7-6-10-28(29)32(37)25-8-4-3-5-9-25/h3-19,23,30,34-35H,2,20-21H2,1H3,(H,38,39). The van der Waals surface area contributed by atoms with Gasteiger partial charge in [0, 0.05) is 47.0 Å². The van der Waals surface area contributed by atoms with Gasteiger partial charge < -0.3 is 20.6 Å². The van der Waals surface area contributed by atoms with E-state index < -0.39 is 16.9 Å². The molecule has 2 unspecified atom stereocenters. The van der Waals surface area contributed by atoms with Gasteiger partial charge in [-0.1, -0.05) is 61.5 Å². The molecule has 0 saturated heterocycles. The molecule has 0 radical (unpaired) electrons. The van der Waals surface area contributed by atoms with Crippen LogP contribution in [0, 0.1) is 21.4 Å². The van der Waals surface area contributed by atoms with Crippen molar-refractivity contribution in [1.29, 1.82) is 5.41 Å². The van der Waals surface area contributed by atoms with Crippen molar-refractivity contribution in [3.8, 4) is 5.75 Å². The minimum absolute atomic E-state index is 0.0267. The Morgan fingerprint density at radius 2 is 1.55 bits per heavy atom. The first-order valence-electron chi connectivity index (χ1n) is 13.5. The molecule has 4 aromatic rings. The van der Waals surface area contributed by atoms with Crippen molar-refractivity contribution in [3.05, 3.63) is 135 Å². The summed E-state index contributed by atoms with van der Waals surface area (Å²) in [7, 11) is 0. The molecule has 0 aromatic heterocycles. The van der Waals surface area contributed by atoms with Crippen LogP contribution in [0.15, 0.2) is 103 Å². The molecule has 4 rings (SSSR count). The van der Waals surface area contributed by atoms with Crippen molar-refractivity contribution >= 4 is 28.8 Å². The van der Waals surface area contributed by atoms with Gasteiger partial charge in [-0.2, -0.15) is 0 Å². The molecule has 0 fully saturated rings. The molecule has 0 heterocycles. The first kappa shape index (κ1) is 29.7. The lowest BCUT2D eigenvalue weighted by Crippen LogP contribution is -2.32. The Morgan fingerprint density at radius 3 is 2.17 bits per heavy atom. The highest BCUT2D eigenvalue weighted by Crippen LogP contribution is 2.23. The average molecular weight is 566 g/mol. The summed E-state index contributed by atoms with van der Waals surface area (Å²) < 4.78 is 5.93. The monoisotopic (exact) mass is 565 g/mol. The van der Waals surface area contributed by atoms with Crippen molar-refractivity contribution in [2.45, 2.75) is 25.8 Å². The van der Waals surface area contributed by atoms with Crippen LogP contribution < -0.4 is 10.1 Å². The highest BCUT2D eigenvalue weighted by Gasteiger charge is 2.22. The minimum Gasteiger partial charge on any atom is -0.493 e. The Bertz CT molecular complexity index is 1550. The smallest absolute Gasteiger partial charge is 0.326 e. The number of hydrogen-bond donors (Lipinski definition) is 3. The van der Waals surface area contributed by atoms with Crippen LogP contribution in [0.2, 0.25) is 0 Å². The van der Waals surface area contributed by atoms with E-state index in [1.807, 2.05) is 13.0 Å². The number of ether oxygens (including phenoxy) is 1. The van der Waals surface area contributed by atoms with Crippen LogP contribution in [0.5, 0.6) is 5.75 Å². The first-order valence-corrected chi connectivity index (χ1v) is 13.5. The highest BCUT2D eigenvalue weighted by atomic mass is 16.6. The molecule has 0 aliphatic heterocycles. The normalized spacial score (nSPS) is 12.1. The van der Waals surface area contributed by atoms with E-state index in [2.05, 4.69) is 5.32 Å². The van der Waals surface area contributed by atoms with Crippen molar-refractivity contribution in [3.63, 3.8) is 0 Å². The number of hydrogen-bond acceptors (Lipinski definition) is 7. The summed E-state index contributed by atoms with van der Waals surface area (Å²) in [5, 5.41) is 32.4. The van der Waals surface area contributed by atoms with Crippen LogP contribution in [-0.2, 0) is 11.2 Å². The molecule has 0 aliphatic rings. The molecule has 0 amide bonds. The zero-order chi connectivity index (χ0) is 30.1. The van der Waals surface area contributed by atoms with E-state index in [-0.39, 0.29) is 30.4 Å². The third-order valence-corrected chi connectivity index (χ3v) is 6.94. The lowest BCUT2D eigenvalue weighted by Gasteiger charge is -2.19. The second kappa shape index (κ2) is 13.8. The number of ketones is 1. The Balaban J connectivity index is 1.39. The molecule has 0 aliphatic carbocycles. The van der Waals surface area contributed by atoms with Gasteiger partial charge in [0.25, 0.3) is 5.69 Å². The minimum atomic E-state index is -1.05. The first-order chi connectivity index (χ1) is 20.3. The van der Waals surface area contributed by atoms with Gasteiger partial charge in [-0.25, -0.2) is 4.79 Å². The number of non-ortho nitro benzene ring substituents is 1. The largest absolute Gasteiger partial charge is 0.493 e. The number of carboxylic acids is 1. The number of carbonyl (C=O) groups excluding carboxylic acids is 1. The fourth-order valence-electron chi connectivity index (χ4n) is 4.50. The number of carboxylic acid groups (broad SMARTS) is 1. The van der Waals surface area contributed by atoms with E-state index in [1.165, 1.54) is 12.1 Å². The van der Waals surface area contributed by atoms with Gasteiger partial charge in [0.1, 0.15) is 11.8 Å². The van der Waals surface area contributed by atoms with Gasteiger partial charge in [0.2, 0.25) is 0 Å². The predicted octanol–water partition coefficient (Wildman–Crippen LogP) is 6.41. The summed E-state index contributed by atoms with van der Waals surface area (Å²) in [6, 6.07) is 27.7. The molecule has 214 valence electrons. The molecule has 4 aromatic carbocycles. The fourth-order valence-corrected chi connectivity index (χ4v) is 4.50. The molecule has 9 nitrogen and oxygen atoms in total. The van der Waals surface area contributed by atoms with Gasteiger partial charge >= 0.3 is 5.97 Å². The Kier molecular flexibility index (Phi) is 9.78. The van der Waals surface area contributed by atoms with Crippen molar-refractivity contribution in [2.24, 2.45) is 5.92 Å². The number of nitrogens with zero attached hydrogens (tertiary/aromatic N) is 1. The van der Waals surface area contributed by atoms with Crippen LogP contribution in [0.3, 0.4) is 0 Å². The van der Waals surface area contributed by atoms with Crippen LogP contribution in [0.25, 0.3) is 0 Å². The van der Waals surface area contributed by atoms with Crippen LogP contribution in [0.1, 0.15) is 40.4 Å². The molecule has 0 spiro atoms. The fraction of sp³-hybridized carbons (Fsp3) is 0.182. The van der Waals surface area contributed by atoms with Gasteiger partial charge in [-0.15, -0.1) is 0 Å². The second-order valence-electron chi connectivity index (χ2n) is 9.76. The number of aliphatic carboxylic acids is 1. The van der Waals surface area contributed by atoms with E-state index in [9.17, 15) is 24.8 Å². The summed E-state index contributed by atoms with van der Waals surface area (Å²) in [4.78, 5) is 35.6. The number of anilines is 1. The zero-order valence-electron chi connectivity index (χ0n) is 23.0. The van der Waals surface area contributed by atoms with Crippen LogP contribution >= 0.6 is 0 Å². The topological polar surface area (TPSA) is 143 Å². The maximum Gasteiger partial charge on any atom is 0.326 e. The average Bonchev–Trinajstić information content (AvgIpc) is 3.02. The molecular formula is C33H31N3O6. The Hall–Kier alpha value is -5.31. The van der Waals surface area contributed by atoms with Crippen molar-refractivity contribution < 1.29 is 24.4 Å². The van der Waals surface area contributed by atoms with Crippen molar-refractivity contribution in [2.75, 3.05) is 11.9 Å². The number of nitro groups is 1. The molecule has 3 N–H and O–H groups in total. The van der Waals surface area contributed by atoms with E-state index >= 15 is 0 Å². The Morgan fingerprint density at radius 1 is 0.905 bits per heavy atom. The molecule has 2 atom stereocenters. The van der Waals surface area contributed by atoms with E-state index in [1.54, 1.807) is 84.9 Å². The van der Waals surface area contributed by atoms with E-state index in [0.29, 0.717) is 40.3 Å². The molecule has 0 bridgehead atoms. The highest BCUT2D eigenvalue weighted by molar-refractivity contribution is 6.12. The molecule has 9 heteroatoms. The number of benzene rings is 4.